The van der Waals surface area contributed by atoms with Crippen LogP contribution in [0.5, 0.6) is 0 Å². The molecule has 1 aliphatic heterocycles. The molecule has 0 aromatic heterocycles. The number of rotatable bonds is 7. The molecule has 2 aromatic carbocycles. The second kappa shape index (κ2) is 11.5. The number of piperazine rings is 1. The average molecular weight is 472 g/mol. The fourth-order valence-corrected chi connectivity index (χ4v) is 4.15. The van der Waals surface area contributed by atoms with E-state index in [-0.39, 0.29) is 11.9 Å². The number of alkyl carbamates (subject to hydrolysis) is 1. The summed E-state index contributed by atoms with van der Waals surface area (Å²) in [4.78, 5) is 28.7. The smallest absolute Gasteiger partial charge is 0.407 e. The minimum Gasteiger partial charge on any atom is -0.444 e. The van der Waals surface area contributed by atoms with Crippen molar-refractivity contribution in [2.45, 2.75) is 45.3 Å². The molecule has 0 bridgehead atoms. The highest BCUT2D eigenvalue weighted by Gasteiger charge is 2.28. The summed E-state index contributed by atoms with van der Waals surface area (Å²) in [5.74, 6) is 0.128. The van der Waals surface area contributed by atoms with Gasteiger partial charge < -0.3 is 15.0 Å². The SMILES string of the molecule is CC(C)(C)OC(=O)NCCCC(=O)N1CCN(C(c2ccccc2)c2ccc(Cl)cc2)CC1. The summed E-state index contributed by atoms with van der Waals surface area (Å²) in [7, 11) is 0. The third-order valence-electron chi connectivity index (χ3n) is 5.57. The largest absolute Gasteiger partial charge is 0.444 e. The summed E-state index contributed by atoms with van der Waals surface area (Å²) in [6.45, 7) is 8.87. The first kappa shape index (κ1) is 25.1. The van der Waals surface area contributed by atoms with E-state index in [9.17, 15) is 9.59 Å². The quantitative estimate of drug-likeness (QED) is 0.585. The number of hydrogen-bond acceptors (Lipinski definition) is 4. The van der Waals surface area contributed by atoms with Gasteiger partial charge in [0.05, 0.1) is 6.04 Å². The Kier molecular flexibility index (Phi) is 8.75. The number of nitrogens with one attached hydrogen (secondary N) is 1. The van der Waals surface area contributed by atoms with Gasteiger partial charge in [-0.05, 0) is 50.5 Å². The Morgan fingerprint density at radius 2 is 1.58 bits per heavy atom. The van der Waals surface area contributed by atoms with E-state index in [1.165, 1.54) is 11.1 Å². The first-order chi connectivity index (χ1) is 15.7. The van der Waals surface area contributed by atoms with Crippen LogP contribution in [0.25, 0.3) is 0 Å². The number of hydrogen-bond donors (Lipinski definition) is 1. The molecule has 1 unspecified atom stereocenters. The fourth-order valence-electron chi connectivity index (χ4n) is 4.03. The molecule has 1 fully saturated rings. The molecular formula is C26H34ClN3O3. The third kappa shape index (κ3) is 7.76. The molecular weight excluding hydrogens is 438 g/mol. The van der Waals surface area contributed by atoms with Crippen molar-refractivity contribution < 1.29 is 14.3 Å². The second-order valence-corrected chi connectivity index (χ2v) is 9.75. The molecule has 0 spiro atoms. The first-order valence-corrected chi connectivity index (χ1v) is 11.9. The van der Waals surface area contributed by atoms with Crippen molar-refractivity contribution in [1.82, 2.24) is 15.1 Å². The molecule has 0 saturated carbocycles. The van der Waals surface area contributed by atoms with Crippen LogP contribution in [0.2, 0.25) is 5.02 Å². The van der Waals surface area contributed by atoms with Crippen molar-refractivity contribution in [2.24, 2.45) is 0 Å². The van der Waals surface area contributed by atoms with Gasteiger partial charge in [0.25, 0.3) is 0 Å². The lowest BCUT2D eigenvalue weighted by molar-refractivity contribution is -0.133. The van der Waals surface area contributed by atoms with Crippen LogP contribution in [-0.4, -0.2) is 60.1 Å². The van der Waals surface area contributed by atoms with E-state index >= 15 is 0 Å². The number of halogens is 1. The zero-order chi connectivity index (χ0) is 23.8. The molecule has 1 N–H and O–H groups in total. The topological polar surface area (TPSA) is 61.9 Å². The Labute approximate surface area is 201 Å². The lowest BCUT2D eigenvalue weighted by Gasteiger charge is -2.40. The lowest BCUT2D eigenvalue weighted by Crippen LogP contribution is -2.50. The number of carbonyl (C=O) groups is 2. The predicted octanol–water partition coefficient (Wildman–Crippen LogP) is 4.88. The predicted molar refractivity (Wildman–Crippen MR) is 131 cm³/mol. The second-order valence-electron chi connectivity index (χ2n) is 9.31. The van der Waals surface area contributed by atoms with E-state index < -0.39 is 11.7 Å². The summed E-state index contributed by atoms with van der Waals surface area (Å²) in [6.07, 6.45) is 0.558. The molecule has 33 heavy (non-hydrogen) atoms. The van der Waals surface area contributed by atoms with Gasteiger partial charge in [0.1, 0.15) is 5.60 Å². The maximum Gasteiger partial charge on any atom is 0.407 e. The minimum atomic E-state index is -0.525. The van der Waals surface area contributed by atoms with Gasteiger partial charge in [0.2, 0.25) is 5.91 Å². The van der Waals surface area contributed by atoms with Crippen LogP contribution in [0.4, 0.5) is 4.79 Å². The molecule has 1 aliphatic rings. The van der Waals surface area contributed by atoms with Crippen LogP contribution in [0.1, 0.15) is 50.8 Å². The number of benzene rings is 2. The molecule has 6 nitrogen and oxygen atoms in total. The fraction of sp³-hybridized carbons (Fsp3) is 0.462. The number of ether oxygens (including phenoxy) is 1. The van der Waals surface area contributed by atoms with Gasteiger partial charge in [0, 0.05) is 44.2 Å². The van der Waals surface area contributed by atoms with Gasteiger partial charge in [-0.25, -0.2) is 4.79 Å². The average Bonchev–Trinajstić information content (AvgIpc) is 2.78. The Morgan fingerprint density at radius 1 is 0.970 bits per heavy atom. The van der Waals surface area contributed by atoms with Gasteiger partial charge in [-0.15, -0.1) is 0 Å². The van der Waals surface area contributed by atoms with E-state index in [1.807, 2.05) is 43.9 Å². The van der Waals surface area contributed by atoms with Crippen molar-refractivity contribution in [3.05, 3.63) is 70.7 Å². The number of nitrogens with zero attached hydrogens (tertiary/aromatic N) is 2. The molecule has 0 aliphatic carbocycles. The highest BCUT2D eigenvalue weighted by molar-refractivity contribution is 6.30. The summed E-state index contributed by atoms with van der Waals surface area (Å²) in [5, 5.41) is 3.43. The normalized spacial score (nSPS) is 15.7. The van der Waals surface area contributed by atoms with Crippen LogP contribution >= 0.6 is 11.6 Å². The van der Waals surface area contributed by atoms with Crippen molar-refractivity contribution in [1.29, 1.82) is 0 Å². The highest BCUT2D eigenvalue weighted by Crippen LogP contribution is 2.30. The maximum absolute atomic E-state index is 12.7. The molecule has 3 rings (SSSR count). The van der Waals surface area contributed by atoms with Gasteiger partial charge in [-0.1, -0.05) is 54.1 Å². The van der Waals surface area contributed by atoms with Crippen LogP contribution in [0.15, 0.2) is 54.6 Å². The molecule has 1 atom stereocenters. The number of amides is 2. The van der Waals surface area contributed by atoms with Crippen LogP contribution in [0, 0.1) is 0 Å². The molecule has 178 valence electrons. The monoisotopic (exact) mass is 471 g/mol. The summed E-state index contributed by atoms with van der Waals surface area (Å²) in [6, 6.07) is 18.6. The third-order valence-corrected chi connectivity index (χ3v) is 5.82. The maximum atomic E-state index is 12.7. The van der Waals surface area contributed by atoms with E-state index in [2.05, 4.69) is 46.6 Å². The lowest BCUT2D eigenvalue weighted by atomic mass is 9.96. The van der Waals surface area contributed by atoms with E-state index in [0.717, 1.165) is 18.1 Å². The van der Waals surface area contributed by atoms with E-state index in [4.69, 9.17) is 16.3 Å². The molecule has 0 radical (unpaired) electrons. The van der Waals surface area contributed by atoms with Crippen molar-refractivity contribution >= 4 is 23.6 Å². The summed E-state index contributed by atoms with van der Waals surface area (Å²) in [5.41, 5.74) is 1.90. The van der Waals surface area contributed by atoms with E-state index in [0.29, 0.717) is 32.5 Å². The van der Waals surface area contributed by atoms with Crippen molar-refractivity contribution in [3.63, 3.8) is 0 Å². The zero-order valence-corrected chi connectivity index (χ0v) is 20.5. The van der Waals surface area contributed by atoms with Crippen LogP contribution in [-0.2, 0) is 9.53 Å². The van der Waals surface area contributed by atoms with Crippen LogP contribution < -0.4 is 5.32 Å². The van der Waals surface area contributed by atoms with E-state index in [1.54, 1.807) is 0 Å². The molecule has 2 amide bonds. The molecule has 1 saturated heterocycles. The van der Waals surface area contributed by atoms with Gasteiger partial charge in [0.15, 0.2) is 0 Å². The molecule has 1 heterocycles. The molecule has 2 aromatic rings. The number of carbonyl (C=O) groups excluding carboxylic acids is 2. The van der Waals surface area contributed by atoms with Gasteiger partial charge in [-0.3, -0.25) is 9.69 Å². The van der Waals surface area contributed by atoms with Gasteiger partial charge in [-0.2, -0.15) is 0 Å². The summed E-state index contributed by atoms with van der Waals surface area (Å²) >= 11 is 6.11. The van der Waals surface area contributed by atoms with Crippen molar-refractivity contribution in [3.8, 4) is 0 Å². The van der Waals surface area contributed by atoms with Crippen molar-refractivity contribution in [2.75, 3.05) is 32.7 Å². The summed E-state index contributed by atoms with van der Waals surface area (Å²) < 4.78 is 5.22. The Morgan fingerprint density at radius 3 is 2.18 bits per heavy atom. The Balaban J connectivity index is 1.51. The molecule has 7 heteroatoms. The Hall–Kier alpha value is -2.57. The van der Waals surface area contributed by atoms with Crippen LogP contribution in [0.3, 0.4) is 0 Å². The first-order valence-electron chi connectivity index (χ1n) is 11.5. The van der Waals surface area contributed by atoms with Gasteiger partial charge >= 0.3 is 6.09 Å². The Bertz CT molecular complexity index is 905. The zero-order valence-electron chi connectivity index (χ0n) is 19.7. The minimum absolute atomic E-state index is 0.124. The standard InChI is InChI=1S/C26H34ClN3O3/c1-26(2,3)33-25(32)28-15-7-10-23(31)29-16-18-30(19-17-29)24(20-8-5-4-6-9-20)21-11-13-22(27)14-12-21/h4-6,8-9,11-14,24H,7,10,15-19H2,1-3H3,(H,28,32). The highest BCUT2D eigenvalue weighted by atomic mass is 35.5.